The van der Waals surface area contributed by atoms with Crippen molar-refractivity contribution in [2.45, 2.75) is 32.0 Å². The van der Waals surface area contributed by atoms with Crippen molar-refractivity contribution in [2.24, 2.45) is 5.73 Å². The van der Waals surface area contributed by atoms with Crippen LogP contribution in [0.15, 0.2) is 12.1 Å². The number of fused-ring (bicyclic) bond motifs is 1. The number of hydrogen-bond acceptors (Lipinski definition) is 5. The second kappa shape index (κ2) is 5.14. The highest BCUT2D eigenvalue weighted by Crippen LogP contribution is 2.31. The lowest BCUT2D eigenvalue weighted by Gasteiger charge is -2.23. The molecule has 2 N–H and O–H groups in total. The highest BCUT2D eigenvalue weighted by Gasteiger charge is 2.22. The van der Waals surface area contributed by atoms with Crippen LogP contribution in [-0.2, 0) is 11.3 Å². The number of rotatable bonds is 3. The standard InChI is InChI=1S/C13H18N4O2/c1-18-11-6-5-10-13(9(11)8-14)17(16-15-10)12-4-2-3-7-19-12/h5-6,12H,2-4,7-8,14H2,1H3. The second-order valence-electron chi connectivity index (χ2n) is 4.67. The van der Waals surface area contributed by atoms with Crippen LogP contribution in [0.25, 0.3) is 11.0 Å². The summed E-state index contributed by atoms with van der Waals surface area (Å²) < 4.78 is 13.0. The summed E-state index contributed by atoms with van der Waals surface area (Å²) in [7, 11) is 1.64. The molecule has 19 heavy (non-hydrogen) atoms. The van der Waals surface area contributed by atoms with Gasteiger partial charge >= 0.3 is 0 Å². The van der Waals surface area contributed by atoms with Gasteiger partial charge in [-0.05, 0) is 31.4 Å². The van der Waals surface area contributed by atoms with Crippen LogP contribution in [0.4, 0.5) is 0 Å². The number of nitrogens with two attached hydrogens (primary N) is 1. The lowest BCUT2D eigenvalue weighted by Crippen LogP contribution is -2.20. The molecular weight excluding hydrogens is 244 g/mol. The van der Waals surface area contributed by atoms with Crippen LogP contribution in [0.5, 0.6) is 5.75 Å². The van der Waals surface area contributed by atoms with Gasteiger partial charge in [-0.2, -0.15) is 0 Å². The van der Waals surface area contributed by atoms with E-state index in [0.29, 0.717) is 6.54 Å². The maximum absolute atomic E-state index is 5.86. The van der Waals surface area contributed by atoms with Gasteiger partial charge in [-0.1, -0.05) is 5.21 Å². The fraction of sp³-hybridized carbons (Fsp3) is 0.538. The third kappa shape index (κ3) is 2.06. The lowest BCUT2D eigenvalue weighted by molar-refractivity contribution is -0.0378. The molecule has 0 amide bonds. The predicted molar refractivity (Wildman–Crippen MR) is 70.8 cm³/mol. The van der Waals surface area contributed by atoms with Crippen molar-refractivity contribution in [3.8, 4) is 5.75 Å². The Morgan fingerprint density at radius 2 is 2.37 bits per heavy atom. The molecule has 6 heteroatoms. The van der Waals surface area contributed by atoms with Gasteiger partial charge in [0, 0.05) is 18.7 Å². The van der Waals surface area contributed by atoms with E-state index in [0.717, 1.165) is 48.2 Å². The fourth-order valence-electron chi connectivity index (χ4n) is 2.59. The fourth-order valence-corrected chi connectivity index (χ4v) is 2.59. The normalized spacial score (nSPS) is 19.8. The molecule has 2 heterocycles. The monoisotopic (exact) mass is 262 g/mol. The van der Waals surface area contributed by atoms with Crippen LogP contribution in [0.1, 0.15) is 31.1 Å². The van der Waals surface area contributed by atoms with Crippen LogP contribution in [0, 0.1) is 0 Å². The van der Waals surface area contributed by atoms with Crippen molar-refractivity contribution in [2.75, 3.05) is 13.7 Å². The number of aromatic nitrogens is 3. The maximum atomic E-state index is 5.86. The van der Waals surface area contributed by atoms with Gasteiger partial charge in [0.15, 0.2) is 6.23 Å². The van der Waals surface area contributed by atoms with Crippen molar-refractivity contribution < 1.29 is 9.47 Å². The molecule has 1 aromatic carbocycles. The molecule has 1 atom stereocenters. The largest absolute Gasteiger partial charge is 0.496 e. The Balaban J connectivity index is 2.13. The quantitative estimate of drug-likeness (QED) is 0.909. The SMILES string of the molecule is COc1ccc2nnn(C3CCCCO3)c2c1CN. The van der Waals surface area contributed by atoms with E-state index in [2.05, 4.69) is 10.3 Å². The summed E-state index contributed by atoms with van der Waals surface area (Å²) in [5.74, 6) is 0.773. The van der Waals surface area contributed by atoms with Gasteiger partial charge in [0.25, 0.3) is 0 Å². The Bertz CT molecular complexity index is 575. The van der Waals surface area contributed by atoms with E-state index in [1.165, 1.54) is 0 Å². The first kappa shape index (κ1) is 12.4. The van der Waals surface area contributed by atoms with Crippen LogP contribution >= 0.6 is 0 Å². The zero-order valence-electron chi connectivity index (χ0n) is 11.0. The first-order valence-corrected chi connectivity index (χ1v) is 6.57. The molecular formula is C13H18N4O2. The van der Waals surface area contributed by atoms with Crippen LogP contribution in [-0.4, -0.2) is 28.7 Å². The third-order valence-electron chi connectivity index (χ3n) is 3.55. The van der Waals surface area contributed by atoms with Crippen LogP contribution < -0.4 is 10.5 Å². The Labute approximate surface area is 111 Å². The Morgan fingerprint density at radius 3 is 3.05 bits per heavy atom. The number of ether oxygens (including phenoxy) is 2. The average molecular weight is 262 g/mol. The van der Waals surface area contributed by atoms with Crippen molar-refractivity contribution in [3.05, 3.63) is 17.7 Å². The number of benzene rings is 1. The van der Waals surface area contributed by atoms with E-state index in [9.17, 15) is 0 Å². The van der Waals surface area contributed by atoms with Gasteiger partial charge in [0.05, 0.1) is 12.6 Å². The minimum atomic E-state index is -0.0452. The van der Waals surface area contributed by atoms with Gasteiger partial charge in [-0.15, -0.1) is 5.10 Å². The smallest absolute Gasteiger partial charge is 0.152 e. The van der Waals surface area contributed by atoms with E-state index in [4.69, 9.17) is 15.2 Å². The molecule has 0 radical (unpaired) electrons. The van der Waals surface area contributed by atoms with Gasteiger partial charge in [0.1, 0.15) is 11.3 Å². The first-order chi connectivity index (χ1) is 9.35. The molecule has 1 aliphatic heterocycles. The molecule has 1 saturated heterocycles. The summed E-state index contributed by atoms with van der Waals surface area (Å²) >= 11 is 0. The van der Waals surface area contributed by atoms with Gasteiger partial charge in [0.2, 0.25) is 0 Å². The molecule has 102 valence electrons. The zero-order valence-corrected chi connectivity index (χ0v) is 11.0. The predicted octanol–water partition coefficient (Wildman–Crippen LogP) is 1.60. The molecule has 0 bridgehead atoms. The Hall–Kier alpha value is -1.66. The van der Waals surface area contributed by atoms with Gasteiger partial charge < -0.3 is 15.2 Å². The molecule has 1 unspecified atom stereocenters. The first-order valence-electron chi connectivity index (χ1n) is 6.57. The topological polar surface area (TPSA) is 75.2 Å². The summed E-state index contributed by atoms with van der Waals surface area (Å²) in [6.45, 7) is 1.16. The molecule has 1 aromatic heterocycles. The van der Waals surface area contributed by atoms with Crippen molar-refractivity contribution >= 4 is 11.0 Å². The molecule has 2 aromatic rings. The van der Waals surface area contributed by atoms with E-state index >= 15 is 0 Å². The molecule has 6 nitrogen and oxygen atoms in total. The van der Waals surface area contributed by atoms with E-state index in [-0.39, 0.29) is 6.23 Å². The van der Waals surface area contributed by atoms with Crippen molar-refractivity contribution in [1.29, 1.82) is 0 Å². The minimum Gasteiger partial charge on any atom is -0.496 e. The summed E-state index contributed by atoms with van der Waals surface area (Å²) in [5, 5.41) is 8.43. The summed E-state index contributed by atoms with van der Waals surface area (Å²) in [6.07, 6.45) is 3.17. The molecule has 0 saturated carbocycles. The molecule has 0 aliphatic carbocycles. The summed E-state index contributed by atoms with van der Waals surface area (Å²) in [6, 6.07) is 3.78. The van der Waals surface area contributed by atoms with Crippen LogP contribution in [0.2, 0.25) is 0 Å². The van der Waals surface area contributed by atoms with E-state index in [1.54, 1.807) is 7.11 Å². The highest BCUT2D eigenvalue weighted by atomic mass is 16.5. The Morgan fingerprint density at radius 1 is 1.47 bits per heavy atom. The number of hydrogen-bond donors (Lipinski definition) is 1. The molecule has 3 rings (SSSR count). The summed E-state index contributed by atoms with van der Waals surface area (Å²) in [5.41, 5.74) is 8.54. The molecule has 1 fully saturated rings. The molecule has 1 aliphatic rings. The maximum Gasteiger partial charge on any atom is 0.152 e. The summed E-state index contributed by atoms with van der Waals surface area (Å²) in [4.78, 5) is 0. The van der Waals surface area contributed by atoms with Gasteiger partial charge in [-0.3, -0.25) is 0 Å². The van der Waals surface area contributed by atoms with E-state index in [1.807, 2.05) is 16.8 Å². The second-order valence-corrected chi connectivity index (χ2v) is 4.67. The van der Waals surface area contributed by atoms with Crippen molar-refractivity contribution in [1.82, 2.24) is 15.0 Å². The number of methoxy groups -OCH3 is 1. The minimum absolute atomic E-state index is 0.0452. The van der Waals surface area contributed by atoms with Gasteiger partial charge in [-0.25, -0.2) is 4.68 Å². The average Bonchev–Trinajstić information content (AvgIpc) is 2.91. The van der Waals surface area contributed by atoms with Crippen LogP contribution in [0.3, 0.4) is 0 Å². The Kier molecular flexibility index (Phi) is 3.35. The zero-order chi connectivity index (χ0) is 13.2. The van der Waals surface area contributed by atoms with Crippen molar-refractivity contribution in [3.63, 3.8) is 0 Å². The molecule has 0 spiro atoms. The third-order valence-corrected chi connectivity index (χ3v) is 3.55. The van der Waals surface area contributed by atoms with E-state index < -0.39 is 0 Å². The lowest BCUT2D eigenvalue weighted by atomic mass is 10.1. The highest BCUT2D eigenvalue weighted by molar-refractivity contribution is 5.81. The number of nitrogens with zero attached hydrogens (tertiary/aromatic N) is 3.